The van der Waals surface area contributed by atoms with Crippen molar-refractivity contribution in [2.75, 3.05) is 0 Å². The fourth-order valence-electron chi connectivity index (χ4n) is 2.44. The molecule has 1 saturated heterocycles. The van der Waals surface area contributed by atoms with Crippen LogP contribution < -0.4 is 5.32 Å². The summed E-state index contributed by atoms with van der Waals surface area (Å²) in [6.45, 7) is 0. The molecule has 3 rings (SSSR count). The van der Waals surface area contributed by atoms with E-state index in [0.29, 0.717) is 6.04 Å². The Kier molecular flexibility index (Phi) is 2.26. The monoisotopic (exact) mass is 196 g/mol. The van der Waals surface area contributed by atoms with Gasteiger partial charge < -0.3 is 5.32 Å². The Morgan fingerprint density at radius 2 is 2.31 bits per heavy atom. The maximum atomic E-state index is 4.17. The van der Waals surface area contributed by atoms with Gasteiger partial charge in [0.2, 0.25) is 0 Å². The van der Waals surface area contributed by atoms with Crippen molar-refractivity contribution in [3.8, 4) is 0 Å². The SMILES string of the molecule is Cl.c1cc2c(cn1)CC1CCC2N1. The summed E-state index contributed by atoms with van der Waals surface area (Å²) in [5.41, 5.74) is 2.95. The smallest absolute Gasteiger partial charge is 0.0327 e. The van der Waals surface area contributed by atoms with Crippen molar-refractivity contribution >= 4 is 12.4 Å². The van der Waals surface area contributed by atoms with Crippen LogP contribution in [0.15, 0.2) is 18.5 Å². The number of nitrogens with zero attached hydrogens (tertiary/aromatic N) is 1. The number of aromatic nitrogens is 1. The highest BCUT2D eigenvalue weighted by Crippen LogP contribution is 2.34. The molecule has 3 heterocycles. The normalized spacial score (nSPS) is 29.2. The van der Waals surface area contributed by atoms with Crippen molar-refractivity contribution in [1.82, 2.24) is 10.3 Å². The topological polar surface area (TPSA) is 24.9 Å². The summed E-state index contributed by atoms with van der Waals surface area (Å²) in [6, 6.07) is 3.52. The minimum atomic E-state index is 0. The fourth-order valence-corrected chi connectivity index (χ4v) is 2.44. The second-order valence-electron chi connectivity index (χ2n) is 3.77. The molecule has 0 aromatic carbocycles. The summed E-state index contributed by atoms with van der Waals surface area (Å²) in [5.74, 6) is 0. The third-order valence-corrected chi connectivity index (χ3v) is 3.02. The van der Waals surface area contributed by atoms with Crippen LogP contribution >= 0.6 is 12.4 Å². The van der Waals surface area contributed by atoms with E-state index < -0.39 is 0 Å². The van der Waals surface area contributed by atoms with Crippen LogP contribution in [0.1, 0.15) is 30.0 Å². The van der Waals surface area contributed by atoms with Crippen LogP contribution in [0.2, 0.25) is 0 Å². The van der Waals surface area contributed by atoms with Gasteiger partial charge >= 0.3 is 0 Å². The lowest BCUT2D eigenvalue weighted by atomic mass is 9.98. The summed E-state index contributed by atoms with van der Waals surface area (Å²) in [4.78, 5) is 4.17. The van der Waals surface area contributed by atoms with E-state index in [-0.39, 0.29) is 12.4 Å². The van der Waals surface area contributed by atoms with Gasteiger partial charge in [-0.2, -0.15) is 0 Å². The summed E-state index contributed by atoms with van der Waals surface area (Å²) in [7, 11) is 0. The second kappa shape index (κ2) is 3.28. The predicted octanol–water partition coefficient (Wildman–Crippen LogP) is 1.85. The van der Waals surface area contributed by atoms with E-state index in [2.05, 4.69) is 16.4 Å². The molecule has 0 spiro atoms. The van der Waals surface area contributed by atoms with E-state index in [1.54, 1.807) is 0 Å². The Bertz CT molecular complexity index is 314. The molecular formula is C10H13ClN2. The molecule has 3 heteroatoms. The number of hydrogen-bond donors (Lipinski definition) is 1. The quantitative estimate of drug-likeness (QED) is 0.685. The average Bonchev–Trinajstić information content (AvgIpc) is 2.49. The molecule has 13 heavy (non-hydrogen) atoms. The van der Waals surface area contributed by atoms with E-state index in [4.69, 9.17) is 0 Å². The predicted molar refractivity (Wildman–Crippen MR) is 54.1 cm³/mol. The van der Waals surface area contributed by atoms with Gasteiger partial charge in [0.25, 0.3) is 0 Å². The molecule has 1 N–H and O–H groups in total. The van der Waals surface area contributed by atoms with Crippen molar-refractivity contribution in [2.24, 2.45) is 0 Å². The molecule has 1 fully saturated rings. The molecular weight excluding hydrogens is 184 g/mol. The van der Waals surface area contributed by atoms with Gasteiger partial charge in [-0.15, -0.1) is 12.4 Å². The number of pyridine rings is 1. The van der Waals surface area contributed by atoms with Gasteiger partial charge in [-0.1, -0.05) is 0 Å². The van der Waals surface area contributed by atoms with E-state index in [1.807, 2.05) is 12.4 Å². The second-order valence-corrected chi connectivity index (χ2v) is 3.77. The summed E-state index contributed by atoms with van der Waals surface area (Å²) in [5, 5.41) is 3.62. The lowest BCUT2D eigenvalue weighted by molar-refractivity contribution is 0.513. The van der Waals surface area contributed by atoms with Gasteiger partial charge in [-0.05, 0) is 36.5 Å². The van der Waals surface area contributed by atoms with Gasteiger partial charge in [0, 0.05) is 24.5 Å². The number of hydrogen-bond acceptors (Lipinski definition) is 2. The molecule has 0 radical (unpaired) electrons. The molecule has 2 atom stereocenters. The van der Waals surface area contributed by atoms with Gasteiger partial charge in [-0.3, -0.25) is 4.98 Å². The largest absolute Gasteiger partial charge is 0.307 e. The van der Waals surface area contributed by atoms with Crippen molar-refractivity contribution in [2.45, 2.75) is 31.3 Å². The minimum absolute atomic E-state index is 0. The van der Waals surface area contributed by atoms with Gasteiger partial charge in [0.15, 0.2) is 0 Å². The zero-order chi connectivity index (χ0) is 7.97. The number of nitrogens with one attached hydrogen (secondary N) is 1. The molecule has 1 aromatic heterocycles. The van der Waals surface area contributed by atoms with Gasteiger partial charge in [-0.25, -0.2) is 0 Å². The van der Waals surface area contributed by atoms with Crippen LogP contribution in [0.3, 0.4) is 0 Å². The first-order chi connectivity index (χ1) is 5.93. The van der Waals surface area contributed by atoms with E-state index >= 15 is 0 Å². The van der Waals surface area contributed by atoms with Crippen LogP contribution in [-0.2, 0) is 6.42 Å². The van der Waals surface area contributed by atoms with Crippen LogP contribution in [0.5, 0.6) is 0 Å². The van der Waals surface area contributed by atoms with Gasteiger partial charge in [0.05, 0.1) is 0 Å². The first-order valence-corrected chi connectivity index (χ1v) is 4.62. The van der Waals surface area contributed by atoms with Crippen LogP contribution in [0.25, 0.3) is 0 Å². The molecule has 70 valence electrons. The van der Waals surface area contributed by atoms with Crippen molar-refractivity contribution < 1.29 is 0 Å². The van der Waals surface area contributed by atoms with E-state index in [0.717, 1.165) is 6.04 Å². The zero-order valence-corrected chi connectivity index (χ0v) is 8.18. The first kappa shape index (κ1) is 8.97. The Morgan fingerprint density at radius 1 is 1.38 bits per heavy atom. The molecule has 2 nitrogen and oxygen atoms in total. The number of fused-ring (bicyclic) bond motifs is 4. The lowest BCUT2D eigenvalue weighted by Crippen LogP contribution is -2.31. The molecule has 1 aromatic rings. The Morgan fingerprint density at radius 3 is 3.23 bits per heavy atom. The van der Waals surface area contributed by atoms with E-state index in [1.165, 1.54) is 30.4 Å². The van der Waals surface area contributed by atoms with E-state index in [9.17, 15) is 0 Å². The molecule has 0 aliphatic carbocycles. The summed E-state index contributed by atoms with van der Waals surface area (Å²) in [6.07, 6.45) is 7.75. The fraction of sp³-hybridized carbons (Fsp3) is 0.500. The molecule has 2 aliphatic heterocycles. The van der Waals surface area contributed by atoms with Crippen LogP contribution in [0, 0.1) is 0 Å². The Labute approximate surface area is 84.2 Å². The zero-order valence-electron chi connectivity index (χ0n) is 7.36. The third-order valence-electron chi connectivity index (χ3n) is 3.02. The number of rotatable bonds is 0. The van der Waals surface area contributed by atoms with Gasteiger partial charge in [0.1, 0.15) is 0 Å². The Hall–Kier alpha value is -0.600. The van der Waals surface area contributed by atoms with Crippen LogP contribution in [-0.4, -0.2) is 11.0 Å². The maximum absolute atomic E-state index is 4.17. The maximum Gasteiger partial charge on any atom is 0.0327 e. The molecule has 2 bridgehead atoms. The minimum Gasteiger partial charge on any atom is -0.307 e. The summed E-state index contributed by atoms with van der Waals surface area (Å²) >= 11 is 0. The standard InChI is InChI=1S/C10H12N2.ClH/c1-2-10-9-3-4-11-6-7(9)5-8(1)12-10;/h3-4,6,8,10,12H,1-2,5H2;1H. The highest BCUT2D eigenvalue weighted by molar-refractivity contribution is 5.85. The highest BCUT2D eigenvalue weighted by Gasteiger charge is 2.31. The third kappa shape index (κ3) is 1.34. The van der Waals surface area contributed by atoms with Crippen molar-refractivity contribution in [3.05, 3.63) is 29.6 Å². The molecule has 0 amide bonds. The van der Waals surface area contributed by atoms with Crippen molar-refractivity contribution in [1.29, 1.82) is 0 Å². The van der Waals surface area contributed by atoms with Crippen molar-refractivity contribution in [3.63, 3.8) is 0 Å². The molecule has 0 saturated carbocycles. The summed E-state index contributed by atoms with van der Waals surface area (Å²) < 4.78 is 0. The molecule has 2 unspecified atom stereocenters. The first-order valence-electron chi connectivity index (χ1n) is 4.62. The lowest BCUT2D eigenvalue weighted by Gasteiger charge is -2.23. The number of halogens is 1. The Balaban J connectivity index is 0.000000653. The molecule has 2 aliphatic rings. The van der Waals surface area contributed by atoms with Crippen LogP contribution in [0.4, 0.5) is 0 Å². The average molecular weight is 197 g/mol. The highest BCUT2D eigenvalue weighted by atomic mass is 35.5.